The Labute approximate surface area is 155 Å². The standard InChI is InChI=1S/C20H30N4O2/c1-14-19(16(3)26-22-14)11-23-8-9-24-18(10-21-20(24)15(23)2)13-25-12-17-6-4-5-7-17/h10,15,17H,4-9,11-13H2,1-3H3. The van der Waals surface area contributed by atoms with E-state index in [2.05, 4.69) is 21.5 Å². The molecule has 6 nitrogen and oxygen atoms in total. The molecule has 1 aliphatic heterocycles. The van der Waals surface area contributed by atoms with Gasteiger partial charge in [-0.2, -0.15) is 0 Å². The Hall–Kier alpha value is -1.66. The van der Waals surface area contributed by atoms with E-state index in [1.54, 1.807) is 0 Å². The summed E-state index contributed by atoms with van der Waals surface area (Å²) in [5, 5.41) is 4.08. The van der Waals surface area contributed by atoms with E-state index in [4.69, 9.17) is 14.2 Å². The third-order valence-electron chi connectivity index (χ3n) is 6.12. The highest BCUT2D eigenvalue weighted by molar-refractivity contribution is 5.21. The zero-order valence-electron chi connectivity index (χ0n) is 16.2. The van der Waals surface area contributed by atoms with Crippen LogP contribution in [0.3, 0.4) is 0 Å². The SMILES string of the molecule is Cc1noc(C)c1CN1CCn2c(COCC3CCCC3)cnc2C1C. The fraction of sp³-hybridized carbons (Fsp3) is 0.700. The first kappa shape index (κ1) is 17.7. The molecule has 4 rings (SSSR count). The largest absolute Gasteiger partial charge is 0.375 e. The Bertz CT molecular complexity index is 726. The molecule has 1 atom stereocenters. The third kappa shape index (κ3) is 3.45. The normalized spacial score (nSPS) is 21.4. The van der Waals surface area contributed by atoms with Gasteiger partial charge in [-0.1, -0.05) is 18.0 Å². The zero-order valence-corrected chi connectivity index (χ0v) is 16.2. The highest BCUT2D eigenvalue weighted by Crippen LogP contribution is 2.29. The molecule has 0 aromatic carbocycles. The lowest BCUT2D eigenvalue weighted by atomic mass is 10.1. The van der Waals surface area contributed by atoms with Crippen LogP contribution in [0.5, 0.6) is 0 Å². The molecule has 0 N–H and O–H groups in total. The first-order valence-electron chi connectivity index (χ1n) is 9.91. The van der Waals surface area contributed by atoms with E-state index < -0.39 is 0 Å². The number of hydrogen-bond acceptors (Lipinski definition) is 5. The third-order valence-corrected chi connectivity index (χ3v) is 6.12. The molecule has 0 radical (unpaired) electrons. The predicted molar refractivity (Wildman–Crippen MR) is 98.6 cm³/mol. The Morgan fingerprint density at radius 1 is 1.23 bits per heavy atom. The molecular formula is C20H30N4O2. The van der Waals surface area contributed by atoms with Crippen LogP contribution < -0.4 is 0 Å². The van der Waals surface area contributed by atoms with Crippen molar-refractivity contribution < 1.29 is 9.26 Å². The number of ether oxygens (including phenoxy) is 1. The maximum absolute atomic E-state index is 6.01. The summed E-state index contributed by atoms with van der Waals surface area (Å²) in [4.78, 5) is 7.17. The number of aromatic nitrogens is 3. The van der Waals surface area contributed by atoms with E-state index >= 15 is 0 Å². The summed E-state index contributed by atoms with van der Waals surface area (Å²) in [5.74, 6) is 2.83. The van der Waals surface area contributed by atoms with Crippen molar-refractivity contribution in [1.82, 2.24) is 19.6 Å². The molecule has 142 valence electrons. The number of nitrogens with zero attached hydrogens (tertiary/aromatic N) is 4. The minimum absolute atomic E-state index is 0.279. The fourth-order valence-corrected chi connectivity index (χ4v) is 4.37. The van der Waals surface area contributed by atoms with E-state index in [1.165, 1.54) is 36.9 Å². The molecule has 1 aliphatic carbocycles. The molecule has 0 amide bonds. The van der Waals surface area contributed by atoms with Crippen LogP contribution in [0.15, 0.2) is 10.7 Å². The van der Waals surface area contributed by atoms with Crippen molar-refractivity contribution in [1.29, 1.82) is 0 Å². The lowest BCUT2D eigenvalue weighted by Gasteiger charge is -2.34. The van der Waals surface area contributed by atoms with Crippen LogP contribution in [0.2, 0.25) is 0 Å². The maximum atomic E-state index is 6.01. The molecule has 0 saturated heterocycles. The molecule has 0 spiro atoms. The van der Waals surface area contributed by atoms with Gasteiger partial charge in [0.15, 0.2) is 0 Å². The second-order valence-corrected chi connectivity index (χ2v) is 7.87. The van der Waals surface area contributed by atoms with Crippen molar-refractivity contribution in [2.45, 2.75) is 72.2 Å². The summed E-state index contributed by atoms with van der Waals surface area (Å²) in [6.45, 7) is 10.7. The van der Waals surface area contributed by atoms with Crippen LogP contribution >= 0.6 is 0 Å². The highest BCUT2D eigenvalue weighted by Gasteiger charge is 2.28. The number of hydrogen-bond donors (Lipinski definition) is 0. The smallest absolute Gasteiger partial charge is 0.138 e. The minimum atomic E-state index is 0.279. The van der Waals surface area contributed by atoms with E-state index in [0.717, 1.165) is 49.4 Å². The quantitative estimate of drug-likeness (QED) is 0.787. The molecule has 2 aromatic rings. The van der Waals surface area contributed by atoms with Gasteiger partial charge >= 0.3 is 0 Å². The average Bonchev–Trinajstić information content (AvgIpc) is 3.35. The Balaban J connectivity index is 1.39. The first-order valence-corrected chi connectivity index (χ1v) is 9.91. The van der Waals surface area contributed by atoms with Crippen LogP contribution in [0.25, 0.3) is 0 Å². The number of aryl methyl sites for hydroxylation is 2. The number of fused-ring (bicyclic) bond motifs is 1. The summed E-state index contributed by atoms with van der Waals surface area (Å²) in [7, 11) is 0. The van der Waals surface area contributed by atoms with Crippen molar-refractivity contribution in [3.8, 4) is 0 Å². The van der Waals surface area contributed by atoms with E-state index in [1.807, 2.05) is 20.0 Å². The number of imidazole rings is 1. The molecule has 1 fully saturated rings. The Morgan fingerprint density at radius 2 is 2.04 bits per heavy atom. The van der Waals surface area contributed by atoms with Crippen molar-refractivity contribution >= 4 is 0 Å². The van der Waals surface area contributed by atoms with E-state index in [-0.39, 0.29) is 6.04 Å². The summed E-state index contributed by atoms with van der Waals surface area (Å²) in [5.41, 5.74) is 3.41. The Morgan fingerprint density at radius 3 is 2.77 bits per heavy atom. The monoisotopic (exact) mass is 358 g/mol. The van der Waals surface area contributed by atoms with Crippen molar-refractivity contribution in [2.75, 3.05) is 13.2 Å². The lowest BCUT2D eigenvalue weighted by molar-refractivity contribution is 0.0815. The van der Waals surface area contributed by atoms with Gasteiger partial charge in [-0.25, -0.2) is 4.98 Å². The highest BCUT2D eigenvalue weighted by atomic mass is 16.5. The van der Waals surface area contributed by atoms with Gasteiger partial charge in [0.1, 0.15) is 11.6 Å². The van der Waals surface area contributed by atoms with E-state index in [9.17, 15) is 0 Å². The van der Waals surface area contributed by atoms with Gasteiger partial charge < -0.3 is 13.8 Å². The maximum Gasteiger partial charge on any atom is 0.138 e. The molecule has 2 aromatic heterocycles. The lowest BCUT2D eigenvalue weighted by Crippen LogP contribution is -2.37. The molecular weight excluding hydrogens is 328 g/mol. The topological polar surface area (TPSA) is 56.3 Å². The summed E-state index contributed by atoms with van der Waals surface area (Å²) >= 11 is 0. The van der Waals surface area contributed by atoms with Gasteiger partial charge in [-0.05, 0) is 39.5 Å². The van der Waals surface area contributed by atoms with Crippen LogP contribution in [0.1, 0.15) is 67.2 Å². The van der Waals surface area contributed by atoms with Crippen LogP contribution in [-0.4, -0.2) is 32.8 Å². The minimum Gasteiger partial charge on any atom is -0.375 e. The predicted octanol–water partition coefficient (Wildman–Crippen LogP) is 3.77. The van der Waals surface area contributed by atoms with Gasteiger partial charge in [-0.3, -0.25) is 4.90 Å². The zero-order chi connectivity index (χ0) is 18.1. The number of rotatable bonds is 6. The van der Waals surface area contributed by atoms with Crippen LogP contribution in [-0.2, 0) is 24.4 Å². The summed E-state index contributed by atoms with van der Waals surface area (Å²) in [6, 6.07) is 0.279. The molecule has 1 saturated carbocycles. The first-order chi connectivity index (χ1) is 12.6. The van der Waals surface area contributed by atoms with E-state index in [0.29, 0.717) is 6.61 Å². The second kappa shape index (κ2) is 7.53. The van der Waals surface area contributed by atoms with Crippen molar-refractivity contribution in [3.05, 3.63) is 34.7 Å². The summed E-state index contributed by atoms with van der Waals surface area (Å²) < 4.78 is 13.7. The van der Waals surface area contributed by atoms with Crippen LogP contribution in [0, 0.1) is 19.8 Å². The molecule has 6 heteroatoms. The Kier molecular flexibility index (Phi) is 5.14. The van der Waals surface area contributed by atoms with Crippen molar-refractivity contribution in [2.24, 2.45) is 5.92 Å². The van der Waals surface area contributed by atoms with Gasteiger partial charge in [0.2, 0.25) is 0 Å². The molecule has 0 bridgehead atoms. The molecule has 1 unspecified atom stereocenters. The summed E-state index contributed by atoms with van der Waals surface area (Å²) in [6.07, 6.45) is 7.40. The fourth-order valence-electron chi connectivity index (χ4n) is 4.37. The second-order valence-electron chi connectivity index (χ2n) is 7.87. The average molecular weight is 358 g/mol. The van der Waals surface area contributed by atoms with Gasteiger partial charge in [0, 0.05) is 31.8 Å². The molecule has 26 heavy (non-hydrogen) atoms. The van der Waals surface area contributed by atoms with Gasteiger partial charge in [-0.15, -0.1) is 0 Å². The molecule has 3 heterocycles. The van der Waals surface area contributed by atoms with Gasteiger partial charge in [0.25, 0.3) is 0 Å². The molecule has 2 aliphatic rings. The van der Waals surface area contributed by atoms with Gasteiger partial charge in [0.05, 0.1) is 30.2 Å². The van der Waals surface area contributed by atoms with Crippen molar-refractivity contribution in [3.63, 3.8) is 0 Å². The van der Waals surface area contributed by atoms with Crippen LogP contribution in [0.4, 0.5) is 0 Å².